The summed E-state index contributed by atoms with van der Waals surface area (Å²) in [6.07, 6.45) is 3.96. The molecule has 5 nitrogen and oxygen atoms in total. The molecule has 0 aliphatic heterocycles. The summed E-state index contributed by atoms with van der Waals surface area (Å²) in [6.45, 7) is 4.03. The number of amides is 1. The normalized spacial score (nSPS) is 10.9. The second kappa shape index (κ2) is 7.25. The Morgan fingerprint density at radius 2 is 2.07 bits per heavy atom. The number of aryl methyl sites for hydroxylation is 2. The van der Waals surface area contributed by atoms with Crippen LogP contribution in [0.25, 0.3) is 16.2 Å². The highest BCUT2D eigenvalue weighted by molar-refractivity contribution is 7.15. The molecule has 0 saturated carbocycles. The fraction of sp³-hybridized carbons (Fsp3) is 0.143. The molecule has 136 valence electrons. The molecule has 4 rings (SSSR count). The van der Waals surface area contributed by atoms with Gasteiger partial charge in [0.1, 0.15) is 5.75 Å². The molecule has 1 N–H and O–H groups in total. The Labute approximate surface area is 161 Å². The van der Waals surface area contributed by atoms with Crippen molar-refractivity contribution in [1.29, 1.82) is 0 Å². The van der Waals surface area contributed by atoms with Gasteiger partial charge in [-0.2, -0.15) is 0 Å². The van der Waals surface area contributed by atoms with E-state index in [9.17, 15) is 4.79 Å². The van der Waals surface area contributed by atoms with E-state index in [4.69, 9.17) is 4.74 Å². The summed E-state index contributed by atoms with van der Waals surface area (Å²) in [6, 6.07) is 13.5. The molecule has 0 radical (unpaired) electrons. The summed E-state index contributed by atoms with van der Waals surface area (Å²) in [5, 5.41) is 4.88. The molecule has 0 atom stereocenters. The van der Waals surface area contributed by atoms with Gasteiger partial charge in [0, 0.05) is 29.0 Å². The number of fused-ring (bicyclic) bond motifs is 1. The van der Waals surface area contributed by atoms with Crippen LogP contribution in [0.3, 0.4) is 0 Å². The lowest BCUT2D eigenvalue weighted by atomic mass is 10.1. The molecule has 2 heterocycles. The van der Waals surface area contributed by atoms with Gasteiger partial charge in [0.25, 0.3) is 5.91 Å². The van der Waals surface area contributed by atoms with Crippen LogP contribution in [0.4, 0.5) is 5.69 Å². The molecule has 0 bridgehead atoms. The first-order valence-corrected chi connectivity index (χ1v) is 9.49. The van der Waals surface area contributed by atoms with E-state index in [1.54, 1.807) is 11.3 Å². The number of hydrogen-bond donors (Lipinski definition) is 1. The fourth-order valence-electron chi connectivity index (χ4n) is 2.77. The minimum absolute atomic E-state index is 0.0348. The minimum Gasteiger partial charge on any atom is -0.484 e. The standard InChI is InChI=1S/C21H19N3O2S/c1-14-6-7-18(10-15(14)2)26-13-20(25)22-17-5-3-4-16(11-17)19-12-24-8-9-27-21(24)23-19/h3-12H,13H2,1-2H3,(H,22,25). The number of nitrogens with zero attached hydrogens (tertiary/aromatic N) is 2. The lowest BCUT2D eigenvalue weighted by Gasteiger charge is -2.09. The van der Waals surface area contributed by atoms with Crippen molar-refractivity contribution < 1.29 is 9.53 Å². The van der Waals surface area contributed by atoms with E-state index in [-0.39, 0.29) is 12.5 Å². The van der Waals surface area contributed by atoms with Crippen LogP contribution in [0.5, 0.6) is 5.75 Å². The maximum Gasteiger partial charge on any atom is 0.262 e. The number of nitrogens with one attached hydrogen (secondary N) is 1. The number of aromatic nitrogens is 2. The van der Waals surface area contributed by atoms with Crippen molar-refractivity contribution in [2.24, 2.45) is 0 Å². The van der Waals surface area contributed by atoms with Crippen LogP contribution < -0.4 is 10.1 Å². The van der Waals surface area contributed by atoms with Crippen LogP contribution in [0.15, 0.2) is 60.2 Å². The second-order valence-corrected chi connectivity index (χ2v) is 7.26. The van der Waals surface area contributed by atoms with Crippen molar-refractivity contribution in [3.8, 4) is 17.0 Å². The number of benzene rings is 2. The summed E-state index contributed by atoms with van der Waals surface area (Å²) in [5.74, 6) is 0.497. The Bertz CT molecular complexity index is 1090. The van der Waals surface area contributed by atoms with Gasteiger partial charge in [-0.3, -0.25) is 9.20 Å². The van der Waals surface area contributed by atoms with Crippen LogP contribution >= 0.6 is 11.3 Å². The SMILES string of the molecule is Cc1ccc(OCC(=O)Nc2cccc(-c3cn4ccsc4n3)c2)cc1C. The highest BCUT2D eigenvalue weighted by Crippen LogP contribution is 2.24. The number of thiazole rings is 1. The molecule has 4 aromatic rings. The van der Waals surface area contributed by atoms with Gasteiger partial charge in [0.05, 0.1) is 5.69 Å². The van der Waals surface area contributed by atoms with Crippen molar-refractivity contribution in [2.45, 2.75) is 13.8 Å². The predicted octanol–water partition coefficient (Wildman–Crippen LogP) is 4.70. The number of imidazole rings is 1. The lowest BCUT2D eigenvalue weighted by molar-refractivity contribution is -0.118. The average molecular weight is 377 g/mol. The van der Waals surface area contributed by atoms with Gasteiger partial charge in [0.15, 0.2) is 11.6 Å². The zero-order valence-corrected chi connectivity index (χ0v) is 15.9. The largest absolute Gasteiger partial charge is 0.484 e. The van der Waals surface area contributed by atoms with Crippen LogP contribution in [0.1, 0.15) is 11.1 Å². The summed E-state index contributed by atoms with van der Waals surface area (Å²) < 4.78 is 7.58. The molecule has 0 fully saturated rings. The number of ether oxygens (including phenoxy) is 1. The molecule has 0 aliphatic carbocycles. The molecular formula is C21H19N3O2S. The Hall–Kier alpha value is -3.12. The van der Waals surface area contributed by atoms with Gasteiger partial charge in [0.2, 0.25) is 0 Å². The van der Waals surface area contributed by atoms with E-state index in [0.29, 0.717) is 5.75 Å². The monoisotopic (exact) mass is 377 g/mol. The van der Waals surface area contributed by atoms with Gasteiger partial charge in [-0.05, 0) is 49.2 Å². The Balaban J connectivity index is 1.42. The summed E-state index contributed by atoms with van der Waals surface area (Å²) in [4.78, 5) is 17.8. The first-order chi connectivity index (χ1) is 13.1. The van der Waals surface area contributed by atoms with E-state index in [1.165, 1.54) is 5.56 Å². The van der Waals surface area contributed by atoms with Crippen molar-refractivity contribution in [3.63, 3.8) is 0 Å². The maximum atomic E-state index is 12.2. The fourth-order valence-corrected chi connectivity index (χ4v) is 3.47. The third kappa shape index (κ3) is 3.85. The van der Waals surface area contributed by atoms with Gasteiger partial charge >= 0.3 is 0 Å². The lowest BCUT2D eigenvalue weighted by Crippen LogP contribution is -2.20. The molecule has 1 amide bonds. The zero-order chi connectivity index (χ0) is 18.8. The van der Waals surface area contributed by atoms with Crippen LogP contribution in [-0.2, 0) is 4.79 Å². The number of anilines is 1. The summed E-state index contributed by atoms with van der Waals surface area (Å²) in [7, 11) is 0. The quantitative estimate of drug-likeness (QED) is 0.549. The van der Waals surface area contributed by atoms with E-state index < -0.39 is 0 Å². The Morgan fingerprint density at radius 1 is 1.19 bits per heavy atom. The van der Waals surface area contributed by atoms with Crippen LogP contribution in [0.2, 0.25) is 0 Å². The predicted molar refractivity (Wildman–Crippen MR) is 109 cm³/mol. The molecule has 0 spiro atoms. The molecule has 0 unspecified atom stereocenters. The molecular weight excluding hydrogens is 358 g/mol. The highest BCUT2D eigenvalue weighted by Gasteiger charge is 2.08. The molecule has 0 aliphatic rings. The van der Waals surface area contributed by atoms with Gasteiger partial charge in [-0.1, -0.05) is 18.2 Å². The Kier molecular flexibility index (Phi) is 4.64. The first-order valence-electron chi connectivity index (χ1n) is 8.61. The highest BCUT2D eigenvalue weighted by atomic mass is 32.1. The number of carbonyl (C=O) groups excluding carboxylic acids is 1. The molecule has 2 aromatic carbocycles. The van der Waals surface area contributed by atoms with Crippen molar-refractivity contribution in [3.05, 3.63) is 71.4 Å². The third-order valence-corrected chi connectivity index (χ3v) is 5.15. The summed E-state index contributed by atoms with van der Waals surface area (Å²) in [5.41, 5.74) is 4.89. The van der Waals surface area contributed by atoms with E-state index >= 15 is 0 Å². The van der Waals surface area contributed by atoms with Crippen LogP contribution in [-0.4, -0.2) is 21.9 Å². The van der Waals surface area contributed by atoms with Gasteiger partial charge < -0.3 is 10.1 Å². The van der Waals surface area contributed by atoms with Crippen LogP contribution in [0, 0.1) is 13.8 Å². The summed E-state index contributed by atoms with van der Waals surface area (Å²) >= 11 is 1.59. The number of hydrogen-bond acceptors (Lipinski definition) is 4. The van der Waals surface area contributed by atoms with Gasteiger partial charge in [-0.25, -0.2) is 4.98 Å². The molecule has 6 heteroatoms. The first kappa shape index (κ1) is 17.3. The number of carbonyl (C=O) groups is 1. The topological polar surface area (TPSA) is 55.6 Å². The smallest absolute Gasteiger partial charge is 0.262 e. The van der Waals surface area contributed by atoms with Crippen molar-refractivity contribution in [2.75, 3.05) is 11.9 Å². The molecule has 0 saturated heterocycles. The van der Waals surface area contributed by atoms with E-state index in [0.717, 1.165) is 27.5 Å². The average Bonchev–Trinajstić information content (AvgIpc) is 3.25. The zero-order valence-electron chi connectivity index (χ0n) is 15.1. The number of rotatable bonds is 5. The molecule has 2 aromatic heterocycles. The maximum absolute atomic E-state index is 12.2. The second-order valence-electron chi connectivity index (χ2n) is 6.38. The molecule has 27 heavy (non-hydrogen) atoms. The third-order valence-electron chi connectivity index (χ3n) is 4.38. The van der Waals surface area contributed by atoms with E-state index in [2.05, 4.69) is 10.3 Å². The van der Waals surface area contributed by atoms with Crippen molar-refractivity contribution in [1.82, 2.24) is 9.38 Å². The van der Waals surface area contributed by atoms with Gasteiger partial charge in [-0.15, -0.1) is 11.3 Å². The van der Waals surface area contributed by atoms with E-state index in [1.807, 2.05) is 78.5 Å². The Morgan fingerprint density at radius 3 is 2.89 bits per heavy atom. The minimum atomic E-state index is -0.198. The van der Waals surface area contributed by atoms with Crippen molar-refractivity contribution >= 4 is 27.9 Å².